The van der Waals surface area contributed by atoms with Gasteiger partial charge in [-0.15, -0.1) is 0 Å². The third-order valence-corrected chi connectivity index (χ3v) is 3.27. The molecule has 1 unspecified atom stereocenters. The summed E-state index contributed by atoms with van der Waals surface area (Å²) in [4.78, 5) is 0. The van der Waals surface area contributed by atoms with Gasteiger partial charge in [-0.3, -0.25) is 0 Å². The molecule has 0 aromatic rings. The van der Waals surface area contributed by atoms with Crippen LogP contribution >= 0.6 is 0 Å². The topological polar surface area (TPSA) is 50.7 Å². The van der Waals surface area contributed by atoms with E-state index in [1.807, 2.05) is 0 Å². The summed E-state index contributed by atoms with van der Waals surface area (Å²) < 4.78 is 10.1. The fourth-order valence-electron chi connectivity index (χ4n) is 1.19. The minimum atomic E-state index is -0.449. The van der Waals surface area contributed by atoms with Crippen LogP contribution in [-0.2, 0) is 9.47 Å². The first-order valence-electron chi connectivity index (χ1n) is 6.35. The Labute approximate surface area is 106 Å². The van der Waals surface area contributed by atoms with Crippen LogP contribution in [0.2, 0.25) is 0 Å². The maximum absolute atomic E-state index is 9.66. The molecule has 104 valence electrons. The third-order valence-electron chi connectivity index (χ3n) is 3.27. The molecule has 0 radical (unpaired) electrons. The van der Waals surface area contributed by atoms with E-state index in [9.17, 15) is 5.11 Å². The fourth-order valence-corrected chi connectivity index (χ4v) is 1.19. The molecule has 0 saturated carbocycles. The summed E-state index contributed by atoms with van der Waals surface area (Å²) in [6.07, 6.45) is -0.449. The molecule has 0 bridgehead atoms. The van der Waals surface area contributed by atoms with Crippen molar-refractivity contribution in [1.82, 2.24) is 5.32 Å². The molecule has 0 heterocycles. The molecule has 0 rings (SSSR count). The molecular formula is C13H29NO3. The van der Waals surface area contributed by atoms with Gasteiger partial charge in [-0.25, -0.2) is 0 Å². The maximum atomic E-state index is 9.66. The van der Waals surface area contributed by atoms with E-state index >= 15 is 0 Å². The Bertz CT molecular complexity index is 184. The second-order valence-corrected chi connectivity index (χ2v) is 5.50. The first-order valence-corrected chi connectivity index (χ1v) is 6.35. The van der Waals surface area contributed by atoms with Crippen LogP contribution in [0.4, 0.5) is 0 Å². The van der Waals surface area contributed by atoms with Crippen molar-refractivity contribution in [3.05, 3.63) is 0 Å². The van der Waals surface area contributed by atoms with Crippen molar-refractivity contribution >= 4 is 0 Å². The van der Waals surface area contributed by atoms with E-state index in [-0.39, 0.29) is 5.41 Å². The molecule has 0 aliphatic rings. The van der Waals surface area contributed by atoms with Crippen LogP contribution in [0, 0.1) is 11.3 Å². The number of rotatable bonds is 10. The predicted molar refractivity (Wildman–Crippen MR) is 70.2 cm³/mol. The Morgan fingerprint density at radius 2 is 1.88 bits per heavy atom. The monoisotopic (exact) mass is 247 g/mol. The molecular weight excluding hydrogens is 218 g/mol. The van der Waals surface area contributed by atoms with Gasteiger partial charge in [-0.05, 0) is 11.3 Å². The van der Waals surface area contributed by atoms with Crippen molar-refractivity contribution in [1.29, 1.82) is 0 Å². The predicted octanol–water partition coefficient (Wildman–Crippen LogP) is 1.28. The molecule has 4 nitrogen and oxygen atoms in total. The lowest BCUT2D eigenvalue weighted by Gasteiger charge is -2.30. The van der Waals surface area contributed by atoms with Crippen molar-refractivity contribution in [2.24, 2.45) is 11.3 Å². The number of nitrogens with one attached hydrogen (secondary N) is 1. The fraction of sp³-hybridized carbons (Fsp3) is 1.00. The summed E-state index contributed by atoms with van der Waals surface area (Å²) in [7, 11) is 1.63. The van der Waals surface area contributed by atoms with E-state index in [0.717, 1.165) is 6.54 Å². The molecule has 0 fully saturated rings. The summed E-state index contributed by atoms with van der Waals surface area (Å²) in [6.45, 7) is 11.8. The van der Waals surface area contributed by atoms with Gasteiger partial charge in [0.15, 0.2) is 0 Å². The van der Waals surface area contributed by atoms with Crippen molar-refractivity contribution in [2.75, 3.05) is 40.0 Å². The van der Waals surface area contributed by atoms with Gasteiger partial charge >= 0.3 is 0 Å². The summed E-state index contributed by atoms with van der Waals surface area (Å²) in [6, 6.07) is 0. The van der Waals surface area contributed by atoms with Gasteiger partial charge in [-0.1, -0.05) is 27.7 Å². The lowest BCUT2D eigenvalue weighted by molar-refractivity contribution is 0.0128. The van der Waals surface area contributed by atoms with Crippen LogP contribution in [0.5, 0.6) is 0 Å². The zero-order chi connectivity index (χ0) is 13.3. The minimum Gasteiger partial charge on any atom is -0.389 e. The summed E-state index contributed by atoms with van der Waals surface area (Å²) in [5, 5.41) is 12.9. The SMILES string of the molecule is COCCOCC(O)CNCC(C)(C)C(C)C. The van der Waals surface area contributed by atoms with Gasteiger partial charge in [-0.2, -0.15) is 0 Å². The lowest BCUT2D eigenvalue weighted by Crippen LogP contribution is -2.38. The van der Waals surface area contributed by atoms with Gasteiger partial charge < -0.3 is 19.9 Å². The Morgan fingerprint density at radius 3 is 2.41 bits per heavy atom. The molecule has 0 aromatic heterocycles. The highest BCUT2D eigenvalue weighted by Gasteiger charge is 2.21. The zero-order valence-electron chi connectivity index (χ0n) is 12.0. The Balaban J connectivity index is 3.54. The molecule has 0 amide bonds. The molecule has 0 aromatic carbocycles. The quantitative estimate of drug-likeness (QED) is 0.571. The van der Waals surface area contributed by atoms with E-state index in [1.54, 1.807) is 7.11 Å². The molecule has 0 spiro atoms. The maximum Gasteiger partial charge on any atom is 0.0897 e. The molecule has 0 aliphatic carbocycles. The molecule has 1 atom stereocenters. The van der Waals surface area contributed by atoms with E-state index in [1.165, 1.54) is 0 Å². The second kappa shape index (κ2) is 8.86. The van der Waals surface area contributed by atoms with Crippen molar-refractivity contribution in [2.45, 2.75) is 33.8 Å². The van der Waals surface area contributed by atoms with Crippen LogP contribution in [0.25, 0.3) is 0 Å². The number of hydrogen-bond acceptors (Lipinski definition) is 4. The van der Waals surface area contributed by atoms with Crippen LogP contribution in [0.1, 0.15) is 27.7 Å². The van der Waals surface area contributed by atoms with Crippen LogP contribution in [0.15, 0.2) is 0 Å². The zero-order valence-corrected chi connectivity index (χ0v) is 12.0. The Hall–Kier alpha value is -0.160. The van der Waals surface area contributed by atoms with Gasteiger partial charge in [0.2, 0.25) is 0 Å². The van der Waals surface area contributed by atoms with Crippen LogP contribution in [0.3, 0.4) is 0 Å². The first kappa shape index (κ1) is 16.8. The highest BCUT2D eigenvalue weighted by molar-refractivity contribution is 4.75. The average molecular weight is 247 g/mol. The molecule has 0 saturated heterocycles. The van der Waals surface area contributed by atoms with Gasteiger partial charge in [0.25, 0.3) is 0 Å². The van der Waals surface area contributed by atoms with E-state index in [2.05, 4.69) is 33.0 Å². The number of ether oxygens (including phenoxy) is 2. The summed E-state index contributed by atoms with van der Waals surface area (Å²) in [5.41, 5.74) is 0.247. The highest BCUT2D eigenvalue weighted by Crippen LogP contribution is 2.24. The van der Waals surface area contributed by atoms with Crippen LogP contribution in [-0.4, -0.2) is 51.2 Å². The van der Waals surface area contributed by atoms with Crippen LogP contribution < -0.4 is 5.32 Å². The number of aliphatic hydroxyl groups excluding tert-OH is 1. The summed E-state index contributed by atoms with van der Waals surface area (Å²) >= 11 is 0. The number of methoxy groups -OCH3 is 1. The third kappa shape index (κ3) is 8.55. The average Bonchev–Trinajstić information content (AvgIpc) is 2.24. The Morgan fingerprint density at radius 1 is 1.24 bits per heavy atom. The van der Waals surface area contributed by atoms with Crippen molar-refractivity contribution in [3.63, 3.8) is 0 Å². The Kier molecular flexibility index (Phi) is 8.78. The molecule has 2 N–H and O–H groups in total. The smallest absolute Gasteiger partial charge is 0.0897 e. The van der Waals surface area contributed by atoms with E-state index < -0.39 is 6.10 Å². The van der Waals surface area contributed by atoms with Crippen molar-refractivity contribution < 1.29 is 14.6 Å². The van der Waals surface area contributed by atoms with E-state index in [4.69, 9.17) is 9.47 Å². The van der Waals surface area contributed by atoms with Gasteiger partial charge in [0.1, 0.15) is 0 Å². The first-order chi connectivity index (χ1) is 7.90. The lowest BCUT2D eigenvalue weighted by atomic mass is 9.81. The normalized spacial score (nSPS) is 14.3. The van der Waals surface area contributed by atoms with Crippen molar-refractivity contribution in [3.8, 4) is 0 Å². The second-order valence-electron chi connectivity index (χ2n) is 5.50. The number of aliphatic hydroxyl groups is 1. The molecule has 0 aliphatic heterocycles. The summed E-state index contributed by atoms with van der Waals surface area (Å²) in [5.74, 6) is 0.616. The van der Waals surface area contributed by atoms with Gasteiger partial charge in [0, 0.05) is 20.2 Å². The number of hydrogen-bond donors (Lipinski definition) is 2. The highest BCUT2D eigenvalue weighted by atomic mass is 16.5. The largest absolute Gasteiger partial charge is 0.389 e. The van der Waals surface area contributed by atoms with Gasteiger partial charge in [0.05, 0.1) is 25.9 Å². The minimum absolute atomic E-state index is 0.247. The molecule has 4 heteroatoms. The standard InChI is InChI=1S/C13H29NO3/c1-11(2)13(3,4)10-14-8-12(15)9-17-7-6-16-5/h11-12,14-15H,6-10H2,1-5H3. The van der Waals surface area contributed by atoms with E-state index in [0.29, 0.717) is 32.3 Å². The molecule has 17 heavy (non-hydrogen) atoms.